The van der Waals surface area contributed by atoms with Gasteiger partial charge in [-0.25, -0.2) is 0 Å². The van der Waals surface area contributed by atoms with E-state index in [1.165, 1.54) is 0 Å². The monoisotopic (exact) mass is 149 g/mol. The third-order valence-corrected chi connectivity index (χ3v) is 1.26. The Morgan fingerprint density at radius 2 is 1.75 bits per heavy atom. The Labute approximate surface area is 56.7 Å². The molecule has 1 aromatic carbocycles. The molecule has 1 rings (SSSR count). The average Bonchev–Trinajstić information content (AvgIpc) is 1.90. The zero-order valence-electron chi connectivity index (χ0n) is 4.30. The number of benzene rings is 1. The van der Waals surface area contributed by atoms with Crippen molar-refractivity contribution in [2.45, 2.75) is 0 Å². The Hall–Kier alpha value is -0.404. The molecule has 0 amide bonds. The van der Waals surface area contributed by atoms with Gasteiger partial charge in [-0.1, -0.05) is 0 Å². The summed E-state index contributed by atoms with van der Waals surface area (Å²) in [7, 11) is 0. The molecule has 0 radical (unpaired) electrons. The Morgan fingerprint density at radius 1 is 1.12 bits per heavy atom. The van der Waals surface area contributed by atoms with Crippen LogP contribution in [0.2, 0.25) is 0 Å². The zero-order chi connectivity index (χ0) is 5.82. The van der Waals surface area contributed by atoms with Crippen molar-refractivity contribution in [3.8, 4) is 0 Å². The van der Waals surface area contributed by atoms with Gasteiger partial charge in [-0.3, -0.25) is 0 Å². The van der Waals surface area contributed by atoms with E-state index in [4.69, 9.17) is 0 Å². The topological polar surface area (TPSA) is 0 Å². The summed E-state index contributed by atoms with van der Waals surface area (Å²) >= 11 is 4.03. The Balaban J connectivity index is 2.99. The van der Waals surface area contributed by atoms with E-state index in [0.29, 0.717) is 0 Å². The molecular formula is C7H6Co. The second-order valence-electron chi connectivity index (χ2n) is 1.51. The molecule has 0 aliphatic carbocycles. The SMILES string of the molecule is [Co]=[CH]c1ccccc1. The van der Waals surface area contributed by atoms with E-state index in [1.807, 2.05) is 30.3 Å². The van der Waals surface area contributed by atoms with Crippen molar-refractivity contribution in [3.05, 3.63) is 35.9 Å². The molecule has 0 spiro atoms. The molecule has 0 N–H and O–H groups in total. The van der Waals surface area contributed by atoms with Crippen LogP contribution in [0.4, 0.5) is 0 Å². The van der Waals surface area contributed by atoms with Crippen LogP contribution in [0.1, 0.15) is 5.56 Å². The van der Waals surface area contributed by atoms with Gasteiger partial charge in [-0.05, 0) is 0 Å². The van der Waals surface area contributed by atoms with Gasteiger partial charge in [0, 0.05) is 0 Å². The summed E-state index contributed by atoms with van der Waals surface area (Å²) in [6.07, 6.45) is 0. The molecule has 0 aromatic heterocycles. The molecule has 0 nitrogen and oxygen atoms in total. The van der Waals surface area contributed by atoms with Crippen LogP contribution in [0, 0.1) is 0 Å². The van der Waals surface area contributed by atoms with Gasteiger partial charge < -0.3 is 0 Å². The van der Waals surface area contributed by atoms with Gasteiger partial charge in [-0.15, -0.1) is 0 Å². The zero-order valence-corrected chi connectivity index (χ0v) is 5.34. The van der Waals surface area contributed by atoms with Gasteiger partial charge in [0.2, 0.25) is 0 Å². The first-order valence-corrected chi connectivity index (χ1v) is 2.99. The van der Waals surface area contributed by atoms with Crippen LogP contribution < -0.4 is 0 Å². The van der Waals surface area contributed by atoms with Crippen molar-refractivity contribution in [1.82, 2.24) is 0 Å². The van der Waals surface area contributed by atoms with Crippen LogP contribution in [0.25, 0.3) is 0 Å². The Bertz CT molecular complexity index is 167. The summed E-state index contributed by atoms with van der Waals surface area (Å²) in [5.74, 6) is 0. The molecule has 0 aliphatic heterocycles. The van der Waals surface area contributed by atoms with E-state index in [0.717, 1.165) is 5.56 Å². The molecule has 0 atom stereocenters. The molecular weight excluding hydrogens is 143 g/mol. The van der Waals surface area contributed by atoms with Crippen LogP contribution in [0.3, 0.4) is 0 Å². The number of rotatable bonds is 1. The first kappa shape index (κ1) is 5.73. The van der Waals surface area contributed by atoms with Crippen molar-refractivity contribution in [3.63, 3.8) is 0 Å². The molecule has 0 saturated carbocycles. The predicted octanol–water partition coefficient (Wildman–Crippen LogP) is 1.38. The molecule has 0 heterocycles. The van der Waals surface area contributed by atoms with E-state index >= 15 is 0 Å². The first-order valence-electron chi connectivity index (χ1n) is 2.39. The molecule has 8 heavy (non-hydrogen) atoms. The molecule has 0 fully saturated rings. The van der Waals surface area contributed by atoms with Crippen molar-refractivity contribution >= 4 is 4.96 Å². The molecule has 1 aromatic rings. The standard InChI is InChI=1S/C7H6.Co/c1-7-5-3-2-4-6-7;/h1-6H;. The van der Waals surface area contributed by atoms with Crippen molar-refractivity contribution in [2.75, 3.05) is 0 Å². The van der Waals surface area contributed by atoms with E-state index < -0.39 is 0 Å². The van der Waals surface area contributed by atoms with Crippen molar-refractivity contribution in [2.24, 2.45) is 0 Å². The van der Waals surface area contributed by atoms with E-state index in [1.54, 1.807) is 4.96 Å². The number of hydrogen-bond acceptors (Lipinski definition) is 0. The van der Waals surface area contributed by atoms with Crippen LogP contribution in [-0.4, -0.2) is 4.96 Å². The quantitative estimate of drug-likeness (QED) is 0.565. The van der Waals surface area contributed by atoms with Crippen LogP contribution in [0.5, 0.6) is 0 Å². The van der Waals surface area contributed by atoms with E-state index in [-0.39, 0.29) is 0 Å². The predicted molar refractivity (Wildman–Crippen MR) is 31.6 cm³/mol. The summed E-state index contributed by atoms with van der Waals surface area (Å²) < 4.78 is 0. The summed E-state index contributed by atoms with van der Waals surface area (Å²) in [5.41, 5.74) is 1.15. The van der Waals surface area contributed by atoms with Gasteiger partial charge >= 0.3 is 56.2 Å². The number of hydrogen-bond donors (Lipinski definition) is 0. The average molecular weight is 149 g/mol. The first-order chi connectivity index (χ1) is 3.93. The van der Waals surface area contributed by atoms with Crippen LogP contribution >= 0.6 is 0 Å². The third kappa shape index (κ3) is 1.28. The summed E-state index contributed by atoms with van der Waals surface area (Å²) in [6, 6.07) is 9.97. The normalized spacial score (nSPS) is 8.62. The Kier molecular flexibility index (Phi) is 2.00. The fourth-order valence-electron chi connectivity index (χ4n) is 0.517. The van der Waals surface area contributed by atoms with E-state index in [9.17, 15) is 0 Å². The van der Waals surface area contributed by atoms with Gasteiger partial charge in [0.05, 0.1) is 0 Å². The summed E-state index contributed by atoms with van der Waals surface area (Å²) in [5, 5.41) is 0. The van der Waals surface area contributed by atoms with Crippen molar-refractivity contribution < 1.29 is 15.3 Å². The second kappa shape index (κ2) is 2.80. The third-order valence-electron chi connectivity index (χ3n) is 0.911. The molecule has 0 bridgehead atoms. The molecule has 1 heteroatoms. The van der Waals surface area contributed by atoms with Gasteiger partial charge in [0.15, 0.2) is 0 Å². The van der Waals surface area contributed by atoms with E-state index in [2.05, 4.69) is 15.3 Å². The van der Waals surface area contributed by atoms with Gasteiger partial charge in [-0.2, -0.15) is 0 Å². The maximum atomic E-state index is 4.03. The minimum absolute atomic E-state index is 1.15. The molecule has 0 saturated heterocycles. The van der Waals surface area contributed by atoms with Gasteiger partial charge in [0.1, 0.15) is 0 Å². The fraction of sp³-hybridized carbons (Fsp3) is 0. The second-order valence-corrected chi connectivity index (χ2v) is 1.81. The summed E-state index contributed by atoms with van der Waals surface area (Å²) in [4.78, 5) is 1.77. The Morgan fingerprint density at radius 3 is 2.12 bits per heavy atom. The van der Waals surface area contributed by atoms with Gasteiger partial charge in [0.25, 0.3) is 0 Å². The van der Waals surface area contributed by atoms with Crippen molar-refractivity contribution in [1.29, 1.82) is 0 Å². The van der Waals surface area contributed by atoms with Crippen LogP contribution in [0.15, 0.2) is 30.3 Å². The summed E-state index contributed by atoms with van der Waals surface area (Å²) in [6.45, 7) is 0. The minimum atomic E-state index is 1.15. The molecule has 0 unspecified atom stereocenters. The van der Waals surface area contributed by atoms with Crippen LogP contribution in [-0.2, 0) is 15.3 Å². The fourth-order valence-corrected chi connectivity index (χ4v) is 0.718. The molecule has 43 valence electrons. The molecule has 0 aliphatic rings. The maximum absolute atomic E-state index is 4.03.